The summed E-state index contributed by atoms with van der Waals surface area (Å²) in [7, 11) is 1.58. The third-order valence-electron chi connectivity index (χ3n) is 4.63. The summed E-state index contributed by atoms with van der Waals surface area (Å²) in [6.45, 7) is 2.05. The van der Waals surface area contributed by atoms with Gasteiger partial charge in [0.1, 0.15) is 11.5 Å². The van der Waals surface area contributed by atoms with Crippen molar-refractivity contribution in [2.24, 2.45) is 0 Å². The van der Waals surface area contributed by atoms with Gasteiger partial charge in [-0.05, 0) is 53.3 Å². The van der Waals surface area contributed by atoms with Crippen LogP contribution in [0.25, 0.3) is 16.7 Å². The number of halogens is 1. The van der Waals surface area contributed by atoms with Gasteiger partial charge in [0.25, 0.3) is 0 Å². The van der Waals surface area contributed by atoms with Gasteiger partial charge in [0, 0.05) is 12.8 Å². The van der Waals surface area contributed by atoms with E-state index in [4.69, 9.17) is 16.3 Å². The normalized spacial score (nSPS) is 14.8. The summed E-state index contributed by atoms with van der Waals surface area (Å²) < 4.78 is 5.30. The van der Waals surface area contributed by atoms with Gasteiger partial charge < -0.3 is 9.84 Å². The lowest BCUT2D eigenvalue weighted by atomic mass is 9.86. The Bertz CT molecular complexity index is 852. The van der Waals surface area contributed by atoms with Crippen molar-refractivity contribution >= 4 is 23.0 Å². The molecule has 0 radical (unpaired) electrons. The molecule has 0 saturated heterocycles. The second kappa shape index (κ2) is 7.32. The first-order chi connectivity index (χ1) is 12.0. The fourth-order valence-electron chi connectivity index (χ4n) is 3.27. The molecule has 0 saturated carbocycles. The average molecular weight is 357 g/mol. The van der Waals surface area contributed by atoms with Crippen molar-refractivity contribution in [2.45, 2.75) is 32.6 Å². The highest BCUT2D eigenvalue weighted by atomic mass is 35.5. The quantitative estimate of drug-likeness (QED) is 0.775. The molecule has 0 heterocycles. The summed E-state index contributed by atoms with van der Waals surface area (Å²) in [6.07, 6.45) is 2.55. The van der Waals surface area contributed by atoms with Crippen molar-refractivity contribution < 1.29 is 14.6 Å². The van der Waals surface area contributed by atoms with Gasteiger partial charge in [-0.3, -0.25) is 4.79 Å². The SMILES string of the molecule is CCc1ccc(-c2ccc(Cl)c(OC)c2)cc1C1=C(O)CCCC1=O. The van der Waals surface area contributed by atoms with E-state index < -0.39 is 0 Å². The second-order valence-electron chi connectivity index (χ2n) is 6.17. The van der Waals surface area contributed by atoms with Crippen LogP contribution in [0.15, 0.2) is 42.2 Å². The summed E-state index contributed by atoms with van der Waals surface area (Å²) in [5, 5.41) is 10.9. The summed E-state index contributed by atoms with van der Waals surface area (Å²) >= 11 is 6.11. The highest BCUT2D eigenvalue weighted by Gasteiger charge is 2.24. The Balaban J connectivity index is 2.14. The summed E-state index contributed by atoms with van der Waals surface area (Å²) in [5.41, 5.74) is 4.28. The highest BCUT2D eigenvalue weighted by molar-refractivity contribution is 6.32. The zero-order valence-electron chi connectivity index (χ0n) is 14.4. The molecular weight excluding hydrogens is 336 g/mol. The minimum Gasteiger partial charge on any atom is -0.512 e. The lowest BCUT2D eigenvalue weighted by Crippen LogP contribution is -2.12. The van der Waals surface area contributed by atoms with E-state index in [9.17, 15) is 9.90 Å². The molecule has 1 aliphatic carbocycles. The predicted molar refractivity (Wildman–Crippen MR) is 101 cm³/mol. The number of aliphatic hydroxyl groups excluding tert-OH is 1. The number of ether oxygens (including phenoxy) is 1. The average Bonchev–Trinajstić information content (AvgIpc) is 2.62. The Morgan fingerprint density at radius 2 is 1.84 bits per heavy atom. The lowest BCUT2D eigenvalue weighted by Gasteiger charge is -2.19. The largest absolute Gasteiger partial charge is 0.512 e. The van der Waals surface area contributed by atoms with Crippen LogP contribution in [0.5, 0.6) is 5.75 Å². The van der Waals surface area contributed by atoms with Crippen LogP contribution in [0, 0.1) is 0 Å². The van der Waals surface area contributed by atoms with E-state index in [1.807, 2.05) is 30.3 Å². The summed E-state index contributed by atoms with van der Waals surface area (Å²) in [6, 6.07) is 11.6. The van der Waals surface area contributed by atoms with E-state index in [1.54, 1.807) is 13.2 Å². The van der Waals surface area contributed by atoms with Gasteiger partial charge in [-0.2, -0.15) is 0 Å². The van der Waals surface area contributed by atoms with Crippen molar-refractivity contribution in [3.05, 3.63) is 58.3 Å². The van der Waals surface area contributed by atoms with Crippen LogP contribution >= 0.6 is 11.6 Å². The number of aryl methyl sites for hydroxylation is 1. The van der Waals surface area contributed by atoms with Gasteiger partial charge in [0.05, 0.1) is 17.7 Å². The summed E-state index contributed by atoms with van der Waals surface area (Å²) in [4.78, 5) is 12.4. The number of Topliss-reactive ketones (excluding diaryl/α,β-unsaturated/α-hetero) is 1. The zero-order chi connectivity index (χ0) is 18.0. The maximum atomic E-state index is 12.4. The number of hydrogen-bond acceptors (Lipinski definition) is 3. The fraction of sp³-hybridized carbons (Fsp3) is 0.286. The molecule has 0 bridgehead atoms. The molecule has 3 rings (SSSR count). The van der Waals surface area contributed by atoms with Crippen LogP contribution < -0.4 is 4.74 Å². The molecule has 0 aromatic heterocycles. The monoisotopic (exact) mass is 356 g/mol. The Morgan fingerprint density at radius 1 is 1.12 bits per heavy atom. The van der Waals surface area contributed by atoms with E-state index in [2.05, 4.69) is 6.92 Å². The molecule has 4 heteroatoms. The molecule has 1 aliphatic rings. The molecule has 130 valence electrons. The van der Waals surface area contributed by atoms with Crippen LogP contribution in [0.2, 0.25) is 5.02 Å². The number of aliphatic hydroxyl groups is 1. The topological polar surface area (TPSA) is 46.5 Å². The van der Waals surface area contributed by atoms with Crippen LogP contribution in [0.3, 0.4) is 0 Å². The van der Waals surface area contributed by atoms with Crippen molar-refractivity contribution in [1.82, 2.24) is 0 Å². The van der Waals surface area contributed by atoms with E-state index in [1.165, 1.54) is 0 Å². The number of allylic oxidation sites excluding steroid dienone is 2. The second-order valence-corrected chi connectivity index (χ2v) is 6.58. The Labute approximate surface area is 152 Å². The van der Waals surface area contributed by atoms with Gasteiger partial charge in [-0.25, -0.2) is 0 Å². The first kappa shape index (κ1) is 17.6. The molecule has 0 aliphatic heterocycles. The summed E-state index contributed by atoms with van der Waals surface area (Å²) in [5.74, 6) is 0.831. The van der Waals surface area contributed by atoms with Crippen LogP contribution in [0.4, 0.5) is 0 Å². The molecule has 3 nitrogen and oxygen atoms in total. The number of ketones is 1. The highest BCUT2D eigenvalue weighted by Crippen LogP contribution is 2.35. The van der Waals surface area contributed by atoms with Crippen molar-refractivity contribution in [2.75, 3.05) is 7.11 Å². The molecule has 0 amide bonds. The van der Waals surface area contributed by atoms with Gasteiger partial charge in [-0.1, -0.05) is 36.7 Å². The molecule has 0 spiro atoms. The molecule has 0 unspecified atom stereocenters. The molecule has 1 N–H and O–H groups in total. The van der Waals surface area contributed by atoms with Gasteiger partial charge >= 0.3 is 0 Å². The first-order valence-corrected chi connectivity index (χ1v) is 8.85. The van der Waals surface area contributed by atoms with E-state index in [0.717, 1.165) is 28.7 Å². The van der Waals surface area contributed by atoms with Crippen molar-refractivity contribution in [3.63, 3.8) is 0 Å². The molecule has 25 heavy (non-hydrogen) atoms. The number of benzene rings is 2. The van der Waals surface area contributed by atoms with E-state index >= 15 is 0 Å². The maximum Gasteiger partial charge on any atom is 0.166 e. The Hall–Kier alpha value is -2.26. The van der Waals surface area contributed by atoms with Crippen LogP contribution in [0.1, 0.15) is 37.3 Å². The van der Waals surface area contributed by atoms with Gasteiger partial charge in [0.2, 0.25) is 0 Å². The third-order valence-corrected chi connectivity index (χ3v) is 4.94. The van der Waals surface area contributed by atoms with Gasteiger partial charge in [0.15, 0.2) is 5.78 Å². The van der Waals surface area contributed by atoms with Crippen LogP contribution in [-0.2, 0) is 11.2 Å². The fourth-order valence-corrected chi connectivity index (χ4v) is 3.46. The first-order valence-electron chi connectivity index (χ1n) is 8.47. The molecule has 0 fully saturated rings. The van der Waals surface area contributed by atoms with Crippen molar-refractivity contribution in [3.8, 4) is 16.9 Å². The smallest absolute Gasteiger partial charge is 0.166 e. The number of methoxy groups -OCH3 is 1. The van der Waals surface area contributed by atoms with Crippen LogP contribution in [-0.4, -0.2) is 18.0 Å². The number of hydrogen-bond donors (Lipinski definition) is 1. The number of rotatable bonds is 4. The number of carbonyl (C=O) groups excluding carboxylic acids is 1. The number of carbonyl (C=O) groups is 1. The third kappa shape index (κ3) is 3.42. The predicted octanol–water partition coefficient (Wildman–Crippen LogP) is 5.60. The molecule has 0 atom stereocenters. The molecular formula is C21H21ClO3. The maximum absolute atomic E-state index is 12.4. The van der Waals surface area contributed by atoms with Crippen molar-refractivity contribution in [1.29, 1.82) is 0 Å². The lowest BCUT2D eigenvalue weighted by molar-refractivity contribution is -0.114. The van der Waals surface area contributed by atoms with Gasteiger partial charge in [-0.15, -0.1) is 0 Å². The molecule has 2 aromatic rings. The minimum absolute atomic E-state index is 0.0179. The molecule has 2 aromatic carbocycles. The van der Waals surface area contributed by atoms with E-state index in [-0.39, 0.29) is 11.5 Å². The van der Waals surface area contributed by atoms with E-state index in [0.29, 0.717) is 35.6 Å². The Morgan fingerprint density at radius 3 is 2.52 bits per heavy atom. The zero-order valence-corrected chi connectivity index (χ0v) is 15.2. The standard InChI is InChI=1S/C21H21ClO3/c1-3-13-7-8-14(15-9-10-17(22)20(12-15)25-2)11-16(13)21-18(23)5-4-6-19(21)24/h7-12,23H,3-6H2,1-2H3. The minimum atomic E-state index is 0.0179. The Kier molecular flexibility index (Phi) is 5.14.